The van der Waals surface area contributed by atoms with Crippen LogP contribution in [-0.2, 0) is 14.3 Å². The number of rotatable bonds is 6. The van der Waals surface area contributed by atoms with Gasteiger partial charge >= 0.3 is 5.97 Å². The zero-order chi connectivity index (χ0) is 20.4. The number of carbonyl (C=O) groups excluding carboxylic acids is 2. The molecule has 2 fully saturated rings. The largest absolute Gasteiger partial charge is 0.451 e. The fourth-order valence-electron chi connectivity index (χ4n) is 3.97. The van der Waals surface area contributed by atoms with E-state index in [1.807, 2.05) is 73.7 Å². The van der Waals surface area contributed by atoms with Gasteiger partial charge in [-0.3, -0.25) is 4.79 Å². The number of benzene rings is 2. The minimum Gasteiger partial charge on any atom is -0.451 e. The summed E-state index contributed by atoms with van der Waals surface area (Å²) in [7, 11) is 0. The van der Waals surface area contributed by atoms with Gasteiger partial charge in [0.05, 0.1) is 23.1 Å². The lowest BCUT2D eigenvalue weighted by Gasteiger charge is -2.38. The predicted octanol–water partition coefficient (Wildman–Crippen LogP) is 3.30. The van der Waals surface area contributed by atoms with Crippen molar-refractivity contribution in [3.8, 4) is 0 Å². The lowest BCUT2D eigenvalue weighted by Crippen LogP contribution is -2.57. The molecule has 2 saturated heterocycles. The van der Waals surface area contributed by atoms with Crippen molar-refractivity contribution in [3.63, 3.8) is 0 Å². The Morgan fingerprint density at radius 3 is 2.31 bits per heavy atom. The van der Waals surface area contributed by atoms with E-state index in [-0.39, 0.29) is 17.9 Å². The van der Waals surface area contributed by atoms with E-state index in [4.69, 9.17) is 4.74 Å². The fourth-order valence-corrected chi connectivity index (χ4v) is 5.65. The molecule has 4 rings (SSSR count). The van der Waals surface area contributed by atoms with Crippen LogP contribution in [0.15, 0.2) is 72.8 Å². The molecule has 2 aromatic carbocycles. The lowest BCUT2D eigenvalue weighted by molar-refractivity contribution is -0.163. The van der Waals surface area contributed by atoms with Crippen LogP contribution >= 0.6 is 11.8 Å². The van der Waals surface area contributed by atoms with E-state index in [0.29, 0.717) is 6.42 Å². The van der Waals surface area contributed by atoms with Crippen LogP contribution in [0.5, 0.6) is 0 Å². The molecule has 2 heterocycles. The van der Waals surface area contributed by atoms with Gasteiger partial charge in [0.25, 0.3) is 0 Å². The Kier molecular flexibility index (Phi) is 5.48. The summed E-state index contributed by atoms with van der Waals surface area (Å²) in [5.41, 5.74) is 1.74. The Hall–Kier alpha value is -2.57. The first-order valence-corrected chi connectivity index (χ1v) is 10.5. The summed E-state index contributed by atoms with van der Waals surface area (Å²) in [4.78, 5) is 27.3. The number of aliphatic hydroxyl groups excluding tert-OH is 1. The first-order valence-electron chi connectivity index (χ1n) is 9.61. The van der Waals surface area contributed by atoms with Crippen LogP contribution in [-0.4, -0.2) is 44.7 Å². The van der Waals surface area contributed by atoms with Crippen LogP contribution in [0.2, 0.25) is 0 Å². The van der Waals surface area contributed by atoms with Crippen LogP contribution in [0.1, 0.15) is 30.6 Å². The maximum absolute atomic E-state index is 13.4. The topological polar surface area (TPSA) is 66.8 Å². The Bertz CT molecular complexity index is 877. The normalized spacial score (nSPS) is 25.9. The van der Waals surface area contributed by atoms with Crippen molar-refractivity contribution in [1.82, 2.24) is 4.90 Å². The molecule has 2 aliphatic rings. The molecule has 6 heteroatoms. The number of esters is 1. The van der Waals surface area contributed by atoms with E-state index in [1.165, 1.54) is 0 Å². The second-order valence-corrected chi connectivity index (χ2v) is 9.05. The molecular weight excluding hydrogens is 386 g/mol. The molecule has 0 radical (unpaired) electrons. The Labute approximate surface area is 174 Å². The maximum Gasteiger partial charge on any atom is 0.331 e. The van der Waals surface area contributed by atoms with Crippen LogP contribution < -0.4 is 0 Å². The van der Waals surface area contributed by atoms with Gasteiger partial charge in [0, 0.05) is 0 Å². The molecule has 0 unspecified atom stereocenters. The number of β-lactam (4-membered cyclic amide) rings is 1. The van der Waals surface area contributed by atoms with Crippen LogP contribution in [0.3, 0.4) is 0 Å². The second kappa shape index (κ2) is 8.05. The highest BCUT2D eigenvalue weighted by Gasteiger charge is 2.60. The fraction of sp³-hybridized carbons (Fsp3) is 0.304. The van der Waals surface area contributed by atoms with E-state index in [2.05, 4.69) is 0 Å². The number of thioether (sulfide) groups is 1. The number of fused-ring (bicyclic) bond motifs is 1. The highest BCUT2D eigenvalue weighted by molar-refractivity contribution is 8.01. The summed E-state index contributed by atoms with van der Waals surface area (Å²) in [5, 5.41) is 9.19. The minimum atomic E-state index is -0.725. The van der Waals surface area contributed by atoms with E-state index in [1.54, 1.807) is 22.7 Å². The molecule has 1 N–H and O–H groups in total. The van der Waals surface area contributed by atoms with Crippen molar-refractivity contribution < 1.29 is 19.4 Å². The van der Waals surface area contributed by atoms with Gasteiger partial charge in [-0.15, -0.1) is 11.8 Å². The van der Waals surface area contributed by atoms with Crippen molar-refractivity contribution in [1.29, 1.82) is 0 Å². The highest BCUT2D eigenvalue weighted by Crippen LogP contribution is 2.52. The van der Waals surface area contributed by atoms with E-state index in [9.17, 15) is 14.7 Å². The van der Waals surface area contributed by atoms with Crippen LogP contribution in [0.4, 0.5) is 0 Å². The highest BCUT2D eigenvalue weighted by atomic mass is 32.2. The first-order chi connectivity index (χ1) is 14.0. The average molecular weight is 410 g/mol. The molecule has 29 heavy (non-hydrogen) atoms. The Balaban J connectivity index is 1.66. The number of carbonyl (C=O) groups is 2. The number of nitrogens with zero attached hydrogens (tertiary/aromatic N) is 1. The van der Waals surface area contributed by atoms with Crippen molar-refractivity contribution in [2.45, 2.75) is 35.6 Å². The molecule has 1 amide bonds. The zero-order valence-corrected chi connectivity index (χ0v) is 16.9. The van der Waals surface area contributed by atoms with Gasteiger partial charge in [-0.25, -0.2) is 4.79 Å². The van der Waals surface area contributed by atoms with Gasteiger partial charge in [-0.1, -0.05) is 72.8 Å². The van der Waals surface area contributed by atoms with Gasteiger partial charge in [-0.2, -0.15) is 0 Å². The van der Waals surface area contributed by atoms with Crippen molar-refractivity contribution in [3.05, 3.63) is 83.9 Å². The van der Waals surface area contributed by atoms with E-state index >= 15 is 0 Å². The number of aliphatic hydroxyl groups is 1. The number of hydrogen-bond acceptors (Lipinski definition) is 5. The van der Waals surface area contributed by atoms with Crippen LogP contribution in [0, 0.1) is 0 Å². The third-order valence-corrected chi connectivity index (χ3v) is 6.91. The predicted molar refractivity (Wildman–Crippen MR) is 112 cm³/mol. The minimum absolute atomic E-state index is 0.0275. The summed E-state index contributed by atoms with van der Waals surface area (Å²) in [6, 6.07) is 18.5. The monoisotopic (exact) mass is 409 g/mol. The standard InChI is InChI=1S/C23H23NO4S/c1-23(13-8-14-25)21(24-18(26)15-19(24)29-23)22(27)28-20(16-9-4-2-5-10-16)17-11-6-3-7-12-17/h2-13,19-21,25H,14-15H2,1H3/t19-,21+,23+/m1/s1. The molecule has 0 bridgehead atoms. The van der Waals surface area contributed by atoms with Gasteiger partial charge in [0.2, 0.25) is 5.91 Å². The average Bonchev–Trinajstić information content (AvgIpc) is 2.99. The van der Waals surface area contributed by atoms with Gasteiger partial charge in [0.1, 0.15) is 6.04 Å². The smallest absolute Gasteiger partial charge is 0.331 e. The molecule has 5 nitrogen and oxygen atoms in total. The molecule has 2 aromatic rings. The Morgan fingerprint density at radius 1 is 1.21 bits per heavy atom. The zero-order valence-electron chi connectivity index (χ0n) is 16.1. The van der Waals surface area contributed by atoms with Crippen LogP contribution in [0.25, 0.3) is 0 Å². The molecular formula is C23H23NO4S. The van der Waals surface area contributed by atoms with Gasteiger partial charge in [0.15, 0.2) is 6.10 Å². The first kappa shape index (κ1) is 19.7. The SMILES string of the molecule is C[C@@]1(C=CCO)S[C@@H]2CC(=O)N2[C@H]1C(=O)OC(c1ccccc1)c1ccccc1. The summed E-state index contributed by atoms with van der Waals surface area (Å²) in [5.74, 6) is -0.475. The summed E-state index contributed by atoms with van der Waals surface area (Å²) >= 11 is 1.57. The summed E-state index contributed by atoms with van der Waals surface area (Å²) in [6.07, 6.45) is 3.30. The van der Waals surface area contributed by atoms with Crippen molar-refractivity contribution >= 4 is 23.6 Å². The number of hydrogen-bond donors (Lipinski definition) is 1. The molecule has 0 saturated carbocycles. The van der Waals surface area contributed by atoms with E-state index < -0.39 is 22.9 Å². The molecule has 0 aromatic heterocycles. The van der Waals surface area contributed by atoms with Crippen molar-refractivity contribution in [2.75, 3.05) is 6.61 Å². The molecule has 150 valence electrons. The quantitative estimate of drug-likeness (QED) is 0.451. The second-order valence-electron chi connectivity index (χ2n) is 7.39. The van der Waals surface area contributed by atoms with Gasteiger partial charge in [-0.05, 0) is 18.1 Å². The lowest BCUT2D eigenvalue weighted by atomic mass is 9.95. The number of amides is 1. The summed E-state index contributed by atoms with van der Waals surface area (Å²) < 4.78 is 5.40. The number of ether oxygens (including phenoxy) is 1. The maximum atomic E-state index is 13.4. The molecule has 0 spiro atoms. The van der Waals surface area contributed by atoms with E-state index in [0.717, 1.165) is 11.1 Å². The third kappa shape index (κ3) is 3.70. The van der Waals surface area contributed by atoms with Crippen molar-refractivity contribution in [2.24, 2.45) is 0 Å². The molecule has 0 aliphatic carbocycles. The third-order valence-electron chi connectivity index (χ3n) is 5.37. The Morgan fingerprint density at radius 2 is 1.79 bits per heavy atom. The molecule has 2 aliphatic heterocycles. The summed E-state index contributed by atoms with van der Waals surface area (Å²) in [6.45, 7) is 1.80. The van der Waals surface area contributed by atoms with Gasteiger partial charge < -0.3 is 14.7 Å². The molecule has 3 atom stereocenters.